The van der Waals surface area contributed by atoms with Gasteiger partial charge in [-0.05, 0) is 0 Å². The molecule has 18 heteroatoms. The second-order valence-corrected chi connectivity index (χ2v) is 6.45. The average molecular weight is 517 g/mol. The first-order valence-electron chi connectivity index (χ1n) is 7.88. The van der Waals surface area contributed by atoms with E-state index in [2.05, 4.69) is 4.74 Å². The molecule has 0 spiro atoms. The van der Waals surface area contributed by atoms with Gasteiger partial charge in [0.05, 0.1) is 0 Å². The molecule has 0 aromatic heterocycles. The van der Waals surface area contributed by atoms with E-state index in [0.29, 0.717) is 12.1 Å². The van der Waals surface area contributed by atoms with E-state index < -0.39 is 64.6 Å². The van der Waals surface area contributed by atoms with Crippen LogP contribution in [-0.2, 0) is 9.53 Å². The van der Waals surface area contributed by atoms with Crippen molar-refractivity contribution in [1.29, 1.82) is 0 Å². The minimum Gasteiger partial charge on any atom is -0.440 e. The van der Waals surface area contributed by atoms with Crippen molar-refractivity contribution in [2.45, 2.75) is 48.2 Å². The number of nitrogens with zero attached hydrogens (tertiary/aromatic N) is 1. The summed E-state index contributed by atoms with van der Waals surface area (Å²) in [5, 5.41) is 0. The van der Waals surface area contributed by atoms with Crippen LogP contribution in [0.3, 0.4) is 0 Å². The molecule has 1 aliphatic rings. The Kier molecular flexibility index (Phi) is 5.94. The van der Waals surface area contributed by atoms with Crippen LogP contribution in [0.4, 0.5) is 65.9 Å². The number of rotatable bonds is 2. The number of esters is 1. The molecule has 1 aromatic carbocycles. The number of hydrogen-bond acceptors (Lipinski definition) is 3. The summed E-state index contributed by atoms with van der Waals surface area (Å²) in [4.78, 5) is 8.73. The second-order valence-electron chi connectivity index (χ2n) is 6.45. The van der Waals surface area contributed by atoms with Crippen molar-refractivity contribution in [3.8, 4) is 0 Å². The number of carbonyl (C=O) groups excluding carboxylic acids is 1. The lowest BCUT2D eigenvalue weighted by molar-refractivity contribution is -0.457. The molecule has 1 saturated heterocycles. The summed E-state index contributed by atoms with van der Waals surface area (Å²) in [7, 11) is 0. The molecule has 3 nitrogen and oxygen atoms in total. The molecule has 1 fully saturated rings. The third-order valence-electron chi connectivity index (χ3n) is 4.61. The highest BCUT2D eigenvalue weighted by atomic mass is 19.4. The van der Waals surface area contributed by atoms with Crippen molar-refractivity contribution < 1.29 is 75.4 Å². The quantitative estimate of drug-likeness (QED) is 0.365. The largest absolute Gasteiger partial charge is 0.440 e. The number of alkyl halides is 15. The van der Waals surface area contributed by atoms with Crippen molar-refractivity contribution in [2.24, 2.45) is 0 Å². The van der Waals surface area contributed by atoms with Gasteiger partial charge in [-0.1, -0.05) is 30.3 Å². The Hall–Kier alpha value is -2.40. The minimum atomic E-state index is -7.92. The van der Waals surface area contributed by atoms with Crippen molar-refractivity contribution in [2.75, 3.05) is 0 Å². The third kappa shape index (κ3) is 3.47. The van der Waals surface area contributed by atoms with Gasteiger partial charge in [-0.2, -0.15) is 65.9 Å². The van der Waals surface area contributed by atoms with Crippen molar-refractivity contribution in [3.63, 3.8) is 0 Å². The monoisotopic (exact) mass is 517 g/mol. The topological polar surface area (TPSA) is 29.5 Å². The van der Waals surface area contributed by atoms with Crippen LogP contribution in [0.1, 0.15) is 11.8 Å². The molecule has 2 rings (SSSR count). The number of ether oxygens (including phenoxy) is 1. The molecular formula is C15H6F15NO2. The van der Waals surface area contributed by atoms with Gasteiger partial charge in [0.15, 0.2) is 6.23 Å². The standard InChI is InChI=1S/C15H6F15NO2/c16-11(17,18)9(12(19,20)21)8(32)33-7(6-4-2-1-3-5-6)31(9)10(13(22,23)24,14(25,26)27)15(28,29)30/h1-5,7H. The Morgan fingerprint density at radius 2 is 1.03 bits per heavy atom. The van der Waals surface area contributed by atoms with Crippen LogP contribution in [0, 0.1) is 0 Å². The van der Waals surface area contributed by atoms with Gasteiger partial charge in [0.2, 0.25) is 0 Å². The van der Waals surface area contributed by atoms with Crippen LogP contribution in [0.25, 0.3) is 0 Å². The fraction of sp³-hybridized carbons (Fsp3) is 0.533. The van der Waals surface area contributed by atoms with E-state index in [1.54, 1.807) is 0 Å². The number of hydrogen-bond donors (Lipinski definition) is 0. The van der Waals surface area contributed by atoms with E-state index in [1.165, 1.54) is 0 Å². The zero-order chi connectivity index (χ0) is 26.1. The molecule has 1 unspecified atom stereocenters. The highest BCUT2D eigenvalue weighted by Crippen LogP contribution is 2.66. The Labute approximate surface area is 171 Å². The molecular weight excluding hydrogens is 511 g/mol. The lowest BCUT2D eigenvalue weighted by atomic mass is 9.84. The first-order chi connectivity index (χ1) is 14.5. The van der Waals surface area contributed by atoms with Crippen LogP contribution < -0.4 is 0 Å². The molecule has 0 aliphatic carbocycles. The summed E-state index contributed by atoms with van der Waals surface area (Å²) >= 11 is 0. The lowest BCUT2D eigenvalue weighted by Crippen LogP contribution is -2.83. The van der Waals surface area contributed by atoms with E-state index in [1.807, 2.05) is 0 Å². The van der Waals surface area contributed by atoms with Crippen LogP contribution in [0.15, 0.2) is 30.3 Å². The van der Waals surface area contributed by atoms with Gasteiger partial charge in [0.1, 0.15) is 0 Å². The summed E-state index contributed by atoms with van der Waals surface area (Å²) in [5.41, 5.74) is -16.3. The zero-order valence-corrected chi connectivity index (χ0v) is 14.9. The van der Waals surface area contributed by atoms with Gasteiger partial charge in [-0.15, -0.1) is 0 Å². The first-order valence-corrected chi connectivity index (χ1v) is 7.88. The Morgan fingerprint density at radius 1 is 0.667 bits per heavy atom. The van der Waals surface area contributed by atoms with Gasteiger partial charge >= 0.3 is 47.9 Å². The maximum atomic E-state index is 13.6. The number of cyclic esters (lactones) is 1. The van der Waals surface area contributed by atoms with Crippen LogP contribution in [-0.4, -0.2) is 52.8 Å². The van der Waals surface area contributed by atoms with E-state index in [0.717, 1.165) is 6.07 Å². The number of benzene rings is 1. The molecule has 1 heterocycles. The molecule has 1 aromatic rings. The summed E-state index contributed by atoms with van der Waals surface area (Å²) in [6.45, 7) is 0. The normalized spacial score (nSPS) is 21.3. The lowest BCUT2D eigenvalue weighted by Gasteiger charge is -2.50. The Balaban J connectivity index is 3.24. The molecule has 0 N–H and O–H groups in total. The Morgan fingerprint density at radius 3 is 1.33 bits per heavy atom. The first kappa shape index (κ1) is 26.8. The van der Waals surface area contributed by atoms with Gasteiger partial charge in [-0.25, -0.2) is 9.69 Å². The maximum Gasteiger partial charge on any atom is 0.426 e. The summed E-state index contributed by atoms with van der Waals surface area (Å²) < 4.78 is 208. The van der Waals surface area contributed by atoms with Crippen molar-refractivity contribution in [1.82, 2.24) is 4.90 Å². The van der Waals surface area contributed by atoms with Crippen LogP contribution >= 0.6 is 0 Å². The van der Waals surface area contributed by atoms with E-state index in [-0.39, 0.29) is 12.1 Å². The van der Waals surface area contributed by atoms with Gasteiger partial charge in [-0.3, -0.25) is 0 Å². The molecule has 1 aliphatic heterocycles. The molecule has 0 bridgehead atoms. The third-order valence-corrected chi connectivity index (χ3v) is 4.61. The van der Waals surface area contributed by atoms with E-state index >= 15 is 0 Å². The molecule has 0 amide bonds. The van der Waals surface area contributed by atoms with Crippen molar-refractivity contribution in [3.05, 3.63) is 35.9 Å². The average Bonchev–Trinajstić information content (AvgIpc) is 2.85. The van der Waals surface area contributed by atoms with E-state index in [9.17, 15) is 70.7 Å². The SMILES string of the molecule is O=C1OC(c2ccccc2)N(C(C(F)(F)F)(C(F)(F)F)C(F)(F)F)C1(C(F)(F)F)C(F)(F)F. The van der Waals surface area contributed by atoms with Gasteiger partial charge in [0.25, 0.3) is 0 Å². The summed E-state index contributed by atoms with van der Waals surface area (Å²) in [5.74, 6) is -3.86. The molecule has 33 heavy (non-hydrogen) atoms. The van der Waals surface area contributed by atoms with Crippen LogP contribution in [0.5, 0.6) is 0 Å². The Bertz CT molecular complexity index is 828. The second kappa shape index (κ2) is 7.30. The number of carbonyl (C=O) groups is 1. The predicted octanol–water partition coefficient (Wildman–Crippen LogP) is 5.83. The molecule has 0 saturated carbocycles. The molecule has 0 radical (unpaired) electrons. The van der Waals surface area contributed by atoms with Gasteiger partial charge in [0, 0.05) is 5.56 Å². The van der Waals surface area contributed by atoms with E-state index in [4.69, 9.17) is 0 Å². The van der Waals surface area contributed by atoms with Crippen molar-refractivity contribution >= 4 is 5.97 Å². The highest BCUT2D eigenvalue weighted by Gasteiger charge is 2.97. The zero-order valence-electron chi connectivity index (χ0n) is 14.9. The molecule has 1 atom stereocenters. The molecule has 188 valence electrons. The summed E-state index contributed by atoms with van der Waals surface area (Å²) in [6, 6.07) is 2.72. The van der Waals surface area contributed by atoms with Crippen LogP contribution in [0.2, 0.25) is 0 Å². The highest BCUT2D eigenvalue weighted by molar-refractivity contribution is 5.86. The smallest absolute Gasteiger partial charge is 0.426 e. The fourth-order valence-corrected chi connectivity index (χ4v) is 3.33. The predicted molar refractivity (Wildman–Crippen MR) is 72.9 cm³/mol. The maximum absolute atomic E-state index is 13.6. The van der Waals surface area contributed by atoms with Gasteiger partial charge < -0.3 is 4.74 Å². The number of halogens is 15. The summed E-state index contributed by atoms with van der Waals surface area (Å²) in [6.07, 6.45) is -42.8. The minimum absolute atomic E-state index is 0.266. The fourth-order valence-electron chi connectivity index (χ4n) is 3.33.